The molecular weight excluding hydrogens is 462 g/mol. The van der Waals surface area contributed by atoms with Gasteiger partial charge in [-0.25, -0.2) is 0 Å². The van der Waals surface area contributed by atoms with E-state index < -0.39 is 0 Å². The number of amides is 2. The van der Waals surface area contributed by atoms with Crippen molar-refractivity contribution in [2.24, 2.45) is 5.92 Å². The topological polar surface area (TPSA) is 89.3 Å². The van der Waals surface area contributed by atoms with Gasteiger partial charge in [-0.2, -0.15) is 5.26 Å². The van der Waals surface area contributed by atoms with E-state index in [1.807, 2.05) is 13.0 Å². The van der Waals surface area contributed by atoms with Crippen LogP contribution in [0.25, 0.3) is 0 Å². The van der Waals surface area contributed by atoms with Gasteiger partial charge in [0.1, 0.15) is 6.07 Å². The van der Waals surface area contributed by atoms with Crippen LogP contribution in [0, 0.1) is 31.1 Å². The molecule has 1 aromatic heterocycles. The zero-order valence-electron chi connectivity index (χ0n) is 20.6. The van der Waals surface area contributed by atoms with Crippen molar-refractivity contribution in [3.8, 4) is 6.07 Å². The summed E-state index contributed by atoms with van der Waals surface area (Å²) in [5.41, 5.74) is 3.91. The number of hydrogen-bond donors (Lipinski definition) is 1. The molecule has 1 saturated carbocycles. The van der Waals surface area contributed by atoms with Gasteiger partial charge in [-0.1, -0.05) is 24.4 Å². The zero-order chi connectivity index (χ0) is 25.1. The van der Waals surface area contributed by atoms with Gasteiger partial charge < -0.3 is 10.2 Å². The van der Waals surface area contributed by atoms with Gasteiger partial charge in [0.25, 0.3) is 5.91 Å². The Balaban J connectivity index is 1.44. The molecule has 1 saturated heterocycles. The predicted octanol–water partition coefficient (Wildman–Crippen LogP) is 4.70. The monoisotopic (exact) mass is 493 g/mol. The SMILES string of the molecule is Cc1ncc(C(=O)Nc2cc(Cl)cc(CN3CCN(C(=O)C4CCCC4)C(C)C3)c2C)cc1C#N. The summed E-state index contributed by atoms with van der Waals surface area (Å²) < 4.78 is 0. The van der Waals surface area contributed by atoms with Crippen LogP contribution < -0.4 is 5.32 Å². The maximum Gasteiger partial charge on any atom is 0.257 e. The minimum absolute atomic E-state index is 0.166. The Morgan fingerprint density at radius 1 is 1.20 bits per heavy atom. The number of anilines is 1. The molecule has 1 atom stereocenters. The first kappa shape index (κ1) is 25.2. The van der Waals surface area contributed by atoms with Crippen molar-refractivity contribution in [1.29, 1.82) is 5.26 Å². The molecule has 1 unspecified atom stereocenters. The second-order valence-corrected chi connectivity index (χ2v) is 10.2. The van der Waals surface area contributed by atoms with E-state index in [1.165, 1.54) is 6.20 Å². The second-order valence-electron chi connectivity index (χ2n) is 9.76. The van der Waals surface area contributed by atoms with Gasteiger partial charge >= 0.3 is 0 Å². The number of pyridine rings is 1. The highest BCUT2D eigenvalue weighted by Gasteiger charge is 2.33. The molecule has 0 radical (unpaired) electrons. The van der Waals surface area contributed by atoms with E-state index in [2.05, 4.69) is 33.1 Å². The number of rotatable bonds is 5. The van der Waals surface area contributed by atoms with Crippen LogP contribution in [0.5, 0.6) is 0 Å². The fourth-order valence-electron chi connectivity index (χ4n) is 5.15. The first-order valence-electron chi connectivity index (χ1n) is 12.3. The lowest BCUT2D eigenvalue weighted by molar-refractivity contribution is -0.140. The molecule has 2 aromatic rings. The van der Waals surface area contributed by atoms with Crippen LogP contribution in [0.3, 0.4) is 0 Å². The van der Waals surface area contributed by atoms with E-state index in [-0.39, 0.29) is 17.9 Å². The fourth-order valence-corrected chi connectivity index (χ4v) is 5.39. The number of nitriles is 1. The second kappa shape index (κ2) is 10.8. The Kier molecular flexibility index (Phi) is 7.73. The van der Waals surface area contributed by atoms with E-state index in [0.29, 0.717) is 40.0 Å². The average Bonchev–Trinajstić information content (AvgIpc) is 3.37. The highest BCUT2D eigenvalue weighted by molar-refractivity contribution is 6.31. The standard InChI is InChI=1S/C27H32ClN5O2/c1-17-15-32(8-9-33(17)27(35)20-6-4-5-7-20)16-23-11-24(28)12-25(18(23)2)31-26(34)22-10-21(13-29)19(3)30-14-22/h10-12,14,17,20H,4-9,15-16H2,1-3H3,(H,31,34). The van der Waals surface area contributed by atoms with Crippen molar-refractivity contribution in [3.05, 3.63) is 57.4 Å². The van der Waals surface area contributed by atoms with Gasteiger partial charge in [-0.05, 0) is 62.9 Å². The Bertz CT molecular complexity index is 1170. The number of hydrogen-bond acceptors (Lipinski definition) is 5. The third-order valence-electron chi connectivity index (χ3n) is 7.29. The van der Waals surface area contributed by atoms with E-state index in [0.717, 1.165) is 56.4 Å². The number of aromatic nitrogens is 1. The van der Waals surface area contributed by atoms with Crippen LogP contribution in [0.1, 0.15) is 65.3 Å². The number of carbonyl (C=O) groups is 2. The lowest BCUT2D eigenvalue weighted by atomic mass is 10.0. The van der Waals surface area contributed by atoms with Crippen molar-refractivity contribution in [2.75, 3.05) is 25.0 Å². The van der Waals surface area contributed by atoms with Gasteiger partial charge in [-0.3, -0.25) is 19.5 Å². The summed E-state index contributed by atoms with van der Waals surface area (Å²) in [6.07, 6.45) is 5.85. The Morgan fingerprint density at radius 3 is 2.63 bits per heavy atom. The third-order valence-corrected chi connectivity index (χ3v) is 7.51. The van der Waals surface area contributed by atoms with Crippen LogP contribution in [-0.2, 0) is 11.3 Å². The van der Waals surface area contributed by atoms with Crippen molar-refractivity contribution in [1.82, 2.24) is 14.8 Å². The Hall–Kier alpha value is -2.95. The summed E-state index contributed by atoms with van der Waals surface area (Å²) in [4.78, 5) is 34.3. The van der Waals surface area contributed by atoms with E-state index in [9.17, 15) is 14.9 Å². The Labute approximate surface area is 212 Å². The maximum absolute atomic E-state index is 12.9. The van der Waals surface area contributed by atoms with E-state index >= 15 is 0 Å². The molecule has 1 aliphatic heterocycles. The molecule has 2 heterocycles. The molecule has 4 rings (SSSR count). The molecule has 0 bridgehead atoms. The fraction of sp³-hybridized carbons (Fsp3) is 0.481. The van der Waals surface area contributed by atoms with Crippen LogP contribution in [0.4, 0.5) is 5.69 Å². The van der Waals surface area contributed by atoms with Crippen LogP contribution >= 0.6 is 11.6 Å². The molecule has 1 aliphatic carbocycles. The molecule has 7 nitrogen and oxygen atoms in total. The number of nitrogens with one attached hydrogen (secondary N) is 1. The Morgan fingerprint density at radius 2 is 1.94 bits per heavy atom. The summed E-state index contributed by atoms with van der Waals surface area (Å²) in [6, 6.07) is 7.46. The molecule has 0 spiro atoms. The highest BCUT2D eigenvalue weighted by atomic mass is 35.5. The molecular formula is C27H32ClN5O2. The molecule has 2 fully saturated rings. The van der Waals surface area contributed by atoms with Crippen molar-refractivity contribution < 1.29 is 9.59 Å². The number of halogens is 1. The molecule has 35 heavy (non-hydrogen) atoms. The summed E-state index contributed by atoms with van der Waals surface area (Å²) in [5, 5.41) is 12.7. The molecule has 2 amide bonds. The smallest absolute Gasteiger partial charge is 0.257 e. The third kappa shape index (κ3) is 5.66. The van der Waals surface area contributed by atoms with Crippen LogP contribution in [0.15, 0.2) is 24.4 Å². The van der Waals surface area contributed by atoms with Crippen LogP contribution in [0.2, 0.25) is 5.02 Å². The van der Waals surface area contributed by atoms with Gasteiger partial charge in [0.15, 0.2) is 0 Å². The number of piperazine rings is 1. The molecule has 1 aromatic carbocycles. The largest absolute Gasteiger partial charge is 0.337 e. The predicted molar refractivity (Wildman–Crippen MR) is 136 cm³/mol. The lowest BCUT2D eigenvalue weighted by Gasteiger charge is -2.41. The summed E-state index contributed by atoms with van der Waals surface area (Å²) in [7, 11) is 0. The van der Waals surface area contributed by atoms with Crippen molar-refractivity contribution >= 4 is 29.1 Å². The maximum atomic E-state index is 12.9. The van der Waals surface area contributed by atoms with E-state index in [4.69, 9.17) is 11.6 Å². The molecule has 8 heteroatoms. The highest BCUT2D eigenvalue weighted by Crippen LogP contribution is 2.30. The van der Waals surface area contributed by atoms with Gasteiger partial charge in [0, 0.05) is 55.0 Å². The summed E-state index contributed by atoms with van der Waals surface area (Å²) in [5.74, 6) is 0.194. The summed E-state index contributed by atoms with van der Waals surface area (Å²) in [6.45, 7) is 8.87. The van der Waals surface area contributed by atoms with Crippen LogP contribution in [-0.4, -0.2) is 52.3 Å². The van der Waals surface area contributed by atoms with Gasteiger partial charge in [-0.15, -0.1) is 0 Å². The first-order chi connectivity index (χ1) is 16.8. The first-order valence-corrected chi connectivity index (χ1v) is 12.6. The number of aryl methyl sites for hydroxylation is 1. The zero-order valence-corrected chi connectivity index (χ0v) is 21.4. The van der Waals surface area contributed by atoms with E-state index in [1.54, 1.807) is 19.1 Å². The molecule has 1 N–H and O–H groups in total. The van der Waals surface area contributed by atoms with Gasteiger partial charge in [0.2, 0.25) is 5.91 Å². The van der Waals surface area contributed by atoms with Gasteiger partial charge in [0.05, 0.1) is 16.8 Å². The number of benzene rings is 1. The minimum atomic E-state index is -0.335. The number of carbonyl (C=O) groups excluding carboxylic acids is 2. The minimum Gasteiger partial charge on any atom is -0.337 e. The molecule has 2 aliphatic rings. The molecule has 184 valence electrons. The summed E-state index contributed by atoms with van der Waals surface area (Å²) >= 11 is 6.43. The average molecular weight is 494 g/mol. The van der Waals surface area contributed by atoms with Crippen molar-refractivity contribution in [2.45, 2.75) is 59.0 Å². The normalized spacial score (nSPS) is 18.9. The van der Waals surface area contributed by atoms with Crippen molar-refractivity contribution in [3.63, 3.8) is 0 Å². The number of nitrogens with zero attached hydrogens (tertiary/aromatic N) is 4. The quantitative estimate of drug-likeness (QED) is 0.652. The lowest BCUT2D eigenvalue weighted by Crippen LogP contribution is -2.54.